The zero-order valence-corrected chi connectivity index (χ0v) is 24.6. The van der Waals surface area contributed by atoms with E-state index in [9.17, 15) is 13.2 Å². The minimum absolute atomic E-state index is 0.0144. The molecule has 5 rings (SSSR count). The maximum Gasteiger partial charge on any atom is 0.281 e. The molecule has 3 aromatic carbocycles. The smallest absolute Gasteiger partial charge is 0.281 e. The first-order chi connectivity index (χ1) is 19.7. The fourth-order valence-electron chi connectivity index (χ4n) is 5.01. The molecule has 2 N–H and O–H groups in total. The van der Waals surface area contributed by atoms with Crippen LogP contribution in [0.3, 0.4) is 0 Å². The van der Waals surface area contributed by atoms with Gasteiger partial charge < -0.3 is 9.72 Å². The van der Waals surface area contributed by atoms with Gasteiger partial charge in [-0.2, -0.15) is 5.10 Å². The second kappa shape index (κ2) is 11.8. The molecule has 0 saturated carbocycles. The summed E-state index contributed by atoms with van der Waals surface area (Å²) in [6.45, 7) is 6.96. The van der Waals surface area contributed by atoms with E-state index in [4.69, 9.17) is 16.3 Å². The summed E-state index contributed by atoms with van der Waals surface area (Å²) >= 11 is 6.29. The minimum Gasteiger partial charge on any atom is -0.494 e. The first-order valence-electron chi connectivity index (χ1n) is 13.4. The van der Waals surface area contributed by atoms with Gasteiger partial charge in [-0.25, -0.2) is 13.1 Å². The number of fused-ring (bicyclic) bond motifs is 1. The lowest BCUT2D eigenvalue weighted by Crippen LogP contribution is -2.31. The number of benzene rings is 3. The van der Waals surface area contributed by atoms with Gasteiger partial charge in [0, 0.05) is 28.7 Å². The van der Waals surface area contributed by atoms with E-state index in [1.807, 2.05) is 61.9 Å². The number of sulfonamides is 1. The van der Waals surface area contributed by atoms with Gasteiger partial charge in [-0.3, -0.25) is 9.48 Å². The number of H-pyrrole nitrogens is 1. The lowest BCUT2D eigenvalue weighted by Gasteiger charge is -2.11. The maximum atomic E-state index is 13.5. The highest BCUT2D eigenvalue weighted by Gasteiger charge is 2.25. The molecular weight excluding hydrogens is 560 g/mol. The van der Waals surface area contributed by atoms with Crippen molar-refractivity contribution in [2.24, 2.45) is 0 Å². The third kappa shape index (κ3) is 5.87. The number of hydrogen-bond donors (Lipinski definition) is 2. The Bertz CT molecular complexity index is 1800. The molecule has 1 amide bonds. The SMILES string of the molecule is CCn1nccc1-c1cccc2c(CCCOc3cc(C)c(Cl)c(C)c3)c(C(=O)NS(=O)(=O)c3ccccc3)[nH]c12. The molecule has 0 aliphatic heterocycles. The maximum absolute atomic E-state index is 13.5. The van der Waals surface area contributed by atoms with Crippen LogP contribution in [0.15, 0.2) is 77.8 Å². The monoisotopic (exact) mass is 590 g/mol. The number of nitrogens with one attached hydrogen (secondary N) is 2. The number of halogens is 1. The van der Waals surface area contributed by atoms with E-state index in [2.05, 4.69) is 14.8 Å². The Labute approximate surface area is 244 Å². The van der Waals surface area contributed by atoms with Crippen LogP contribution in [-0.2, 0) is 23.0 Å². The largest absolute Gasteiger partial charge is 0.494 e. The van der Waals surface area contributed by atoms with Crippen molar-refractivity contribution in [1.29, 1.82) is 0 Å². The molecule has 0 unspecified atom stereocenters. The predicted octanol–water partition coefficient (Wildman–Crippen LogP) is 6.45. The second-order valence-electron chi connectivity index (χ2n) is 9.81. The molecule has 212 valence electrons. The molecule has 0 aliphatic rings. The summed E-state index contributed by atoms with van der Waals surface area (Å²) in [5.74, 6) is 0.00485. The van der Waals surface area contributed by atoms with Crippen molar-refractivity contribution in [3.05, 3.63) is 100 Å². The van der Waals surface area contributed by atoms with E-state index < -0.39 is 15.9 Å². The molecule has 2 heterocycles. The number of aromatic nitrogens is 3. The number of aryl methyl sites for hydroxylation is 4. The van der Waals surface area contributed by atoms with E-state index >= 15 is 0 Å². The van der Waals surface area contributed by atoms with Crippen molar-refractivity contribution in [2.75, 3.05) is 6.61 Å². The summed E-state index contributed by atoms with van der Waals surface area (Å²) in [5, 5.41) is 5.95. The van der Waals surface area contributed by atoms with Crippen LogP contribution in [0.5, 0.6) is 5.75 Å². The summed E-state index contributed by atoms with van der Waals surface area (Å²) in [6, 6.07) is 19.4. The van der Waals surface area contributed by atoms with Crippen LogP contribution in [0.1, 0.15) is 40.5 Å². The van der Waals surface area contributed by atoms with Crippen LogP contribution in [0.4, 0.5) is 0 Å². The van der Waals surface area contributed by atoms with Gasteiger partial charge in [0.25, 0.3) is 15.9 Å². The van der Waals surface area contributed by atoms with E-state index in [0.717, 1.165) is 49.6 Å². The molecular formula is C31H31ClN4O4S. The molecule has 0 radical (unpaired) electrons. The Kier molecular flexibility index (Phi) is 8.19. The zero-order valence-electron chi connectivity index (χ0n) is 23.1. The lowest BCUT2D eigenvalue weighted by atomic mass is 10.0. The number of carbonyl (C=O) groups is 1. The fourth-order valence-corrected chi connectivity index (χ4v) is 6.10. The lowest BCUT2D eigenvalue weighted by molar-refractivity contribution is 0.0976. The Hall–Kier alpha value is -4.08. The molecule has 10 heteroatoms. The normalized spacial score (nSPS) is 11.6. The number of nitrogens with zero attached hydrogens (tertiary/aromatic N) is 2. The topological polar surface area (TPSA) is 106 Å². The third-order valence-electron chi connectivity index (χ3n) is 6.99. The predicted molar refractivity (Wildman–Crippen MR) is 161 cm³/mol. The van der Waals surface area contributed by atoms with Crippen LogP contribution >= 0.6 is 11.6 Å². The summed E-state index contributed by atoms with van der Waals surface area (Å²) < 4.78 is 36.1. The van der Waals surface area contributed by atoms with Crippen LogP contribution in [0.2, 0.25) is 5.02 Å². The summed E-state index contributed by atoms with van der Waals surface area (Å²) in [5.41, 5.74) is 5.31. The molecule has 0 aliphatic carbocycles. The first-order valence-corrected chi connectivity index (χ1v) is 15.2. The van der Waals surface area contributed by atoms with Crippen molar-refractivity contribution in [3.63, 3.8) is 0 Å². The van der Waals surface area contributed by atoms with E-state index in [0.29, 0.717) is 26.0 Å². The number of para-hydroxylation sites is 1. The van der Waals surface area contributed by atoms with Gasteiger partial charge in [0.2, 0.25) is 0 Å². The fraction of sp³-hybridized carbons (Fsp3) is 0.226. The molecule has 0 saturated heterocycles. The van der Waals surface area contributed by atoms with Crippen LogP contribution in [-0.4, -0.2) is 35.7 Å². The quantitative estimate of drug-likeness (QED) is 0.182. The highest BCUT2D eigenvalue weighted by Crippen LogP contribution is 2.33. The minimum atomic E-state index is -4.07. The van der Waals surface area contributed by atoms with E-state index in [1.165, 1.54) is 12.1 Å². The molecule has 2 aromatic heterocycles. The Morgan fingerprint density at radius 3 is 2.49 bits per heavy atom. The van der Waals surface area contributed by atoms with Gasteiger partial charge in [0.15, 0.2) is 0 Å². The van der Waals surface area contributed by atoms with Crippen molar-refractivity contribution in [1.82, 2.24) is 19.5 Å². The van der Waals surface area contributed by atoms with Crippen LogP contribution in [0, 0.1) is 13.8 Å². The average Bonchev–Trinajstić information content (AvgIpc) is 3.59. The number of hydrogen-bond acceptors (Lipinski definition) is 5. The van der Waals surface area contributed by atoms with Crippen molar-refractivity contribution < 1.29 is 17.9 Å². The molecule has 5 aromatic rings. The molecule has 8 nitrogen and oxygen atoms in total. The summed E-state index contributed by atoms with van der Waals surface area (Å²) in [7, 11) is -4.07. The van der Waals surface area contributed by atoms with Gasteiger partial charge in [-0.05, 0) is 80.6 Å². The highest BCUT2D eigenvalue weighted by molar-refractivity contribution is 7.90. The molecule has 0 fully saturated rings. The summed E-state index contributed by atoms with van der Waals surface area (Å²) in [6.07, 6.45) is 2.81. The standard InChI is InChI=1S/C31H31ClN4O4S/c1-4-36-27(15-16-33-36)26-13-8-12-24-25(14-9-17-40-22-18-20(2)28(32)21(3)19-22)30(34-29(24)26)31(37)35-41(38,39)23-10-6-5-7-11-23/h5-8,10-13,15-16,18-19,34H,4,9,14,17H2,1-3H3,(H,35,37). The second-order valence-corrected chi connectivity index (χ2v) is 11.9. The number of carbonyl (C=O) groups excluding carboxylic acids is 1. The van der Waals surface area contributed by atoms with Gasteiger partial charge >= 0.3 is 0 Å². The summed E-state index contributed by atoms with van der Waals surface area (Å²) in [4.78, 5) is 16.8. The number of ether oxygens (including phenoxy) is 1. The molecule has 0 spiro atoms. The molecule has 0 bridgehead atoms. The number of aromatic amines is 1. The van der Waals surface area contributed by atoms with Gasteiger partial charge in [0.1, 0.15) is 11.4 Å². The van der Waals surface area contributed by atoms with Crippen molar-refractivity contribution in [3.8, 4) is 17.0 Å². The molecule has 41 heavy (non-hydrogen) atoms. The zero-order chi connectivity index (χ0) is 29.1. The van der Waals surface area contributed by atoms with Gasteiger partial charge in [-0.1, -0.05) is 48.0 Å². The first kappa shape index (κ1) is 28.4. The highest BCUT2D eigenvalue weighted by atomic mass is 35.5. The Balaban J connectivity index is 1.48. The van der Waals surface area contributed by atoms with E-state index in [-0.39, 0.29) is 10.6 Å². The number of rotatable bonds is 10. The van der Waals surface area contributed by atoms with Crippen molar-refractivity contribution in [2.45, 2.75) is 45.1 Å². The average molecular weight is 591 g/mol. The van der Waals surface area contributed by atoms with Gasteiger partial charge in [-0.15, -0.1) is 0 Å². The van der Waals surface area contributed by atoms with Gasteiger partial charge in [0.05, 0.1) is 22.7 Å². The van der Waals surface area contributed by atoms with Crippen LogP contribution < -0.4 is 9.46 Å². The molecule has 0 atom stereocenters. The number of amides is 1. The van der Waals surface area contributed by atoms with E-state index in [1.54, 1.807) is 24.4 Å². The van der Waals surface area contributed by atoms with Crippen LogP contribution in [0.25, 0.3) is 22.2 Å². The Morgan fingerprint density at radius 1 is 1.05 bits per heavy atom. The van der Waals surface area contributed by atoms with Crippen molar-refractivity contribution >= 4 is 38.4 Å². The third-order valence-corrected chi connectivity index (χ3v) is 8.93. The Morgan fingerprint density at radius 2 is 1.78 bits per heavy atom.